The highest BCUT2D eigenvalue weighted by molar-refractivity contribution is 6.37. The fourth-order valence-corrected chi connectivity index (χ4v) is 4.48. The molecule has 0 radical (unpaired) electrons. The summed E-state index contributed by atoms with van der Waals surface area (Å²) in [4.78, 5) is 13.4. The Morgan fingerprint density at radius 1 is 1.03 bits per heavy atom. The highest BCUT2D eigenvalue weighted by atomic mass is 35.5. The molecule has 3 heterocycles. The van der Waals surface area contributed by atoms with Crippen molar-refractivity contribution in [1.29, 1.82) is 0 Å². The van der Waals surface area contributed by atoms with Crippen molar-refractivity contribution < 1.29 is 9.47 Å². The summed E-state index contributed by atoms with van der Waals surface area (Å²) in [5.74, 6) is 0.493. The summed E-state index contributed by atoms with van der Waals surface area (Å²) in [6.07, 6.45) is 4.61. The summed E-state index contributed by atoms with van der Waals surface area (Å²) in [6, 6.07) is 13.2. The standard InChI is InChI=1S/C23H19Cl3N4O2/c24-16-11-17(25)18(32-12-14-6-2-1-3-7-14)10-15(16)20-21-22(29-23(26)28-20)30(13-27-21)19-8-4-5-9-31-19/h1-3,6-7,10-11,13,19H,4-5,8-9,12H2. The minimum atomic E-state index is -0.127. The van der Waals surface area contributed by atoms with Crippen molar-refractivity contribution >= 4 is 46.0 Å². The van der Waals surface area contributed by atoms with Gasteiger partial charge in [0, 0.05) is 12.2 Å². The average molecular weight is 490 g/mol. The van der Waals surface area contributed by atoms with Gasteiger partial charge in [0.25, 0.3) is 0 Å². The molecule has 0 aliphatic carbocycles. The molecule has 0 N–H and O–H groups in total. The van der Waals surface area contributed by atoms with E-state index in [4.69, 9.17) is 44.3 Å². The second-order valence-electron chi connectivity index (χ2n) is 7.52. The summed E-state index contributed by atoms with van der Waals surface area (Å²) in [7, 11) is 0. The maximum atomic E-state index is 6.56. The number of fused-ring (bicyclic) bond motifs is 1. The number of nitrogens with zero attached hydrogens (tertiary/aromatic N) is 4. The molecule has 2 aromatic carbocycles. The number of hydrogen-bond acceptors (Lipinski definition) is 5. The van der Waals surface area contributed by atoms with Crippen LogP contribution in [0.5, 0.6) is 5.75 Å². The summed E-state index contributed by atoms with van der Waals surface area (Å²) < 4.78 is 13.8. The largest absolute Gasteiger partial charge is 0.487 e. The predicted octanol–water partition coefficient (Wildman–Crippen LogP) is 6.73. The number of rotatable bonds is 5. The van der Waals surface area contributed by atoms with Gasteiger partial charge in [0.2, 0.25) is 5.28 Å². The molecule has 0 bridgehead atoms. The lowest BCUT2D eigenvalue weighted by molar-refractivity contribution is -0.0298. The number of imidazole rings is 1. The second-order valence-corrected chi connectivity index (χ2v) is 8.68. The molecule has 0 amide bonds. The van der Waals surface area contributed by atoms with Gasteiger partial charge >= 0.3 is 0 Å². The van der Waals surface area contributed by atoms with Gasteiger partial charge in [-0.1, -0.05) is 53.5 Å². The van der Waals surface area contributed by atoms with E-state index in [1.165, 1.54) is 0 Å². The third-order valence-electron chi connectivity index (χ3n) is 5.37. The Kier molecular flexibility index (Phi) is 6.20. The van der Waals surface area contributed by atoms with Crippen LogP contribution in [0.2, 0.25) is 15.3 Å². The van der Waals surface area contributed by atoms with Crippen LogP contribution in [-0.2, 0) is 11.3 Å². The second kappa shape index (κ2) is 9.24. The molecule has 5 rings (SSSR count). The minimum absolute atomic E-state index is 0.0998. The number of ether oxygens (including phenoxy) is 2. The van der Waals surface area contributed by atoms with Gasteiger partial charge in [-0.3, -0.25) is 4.57 Å². The number of benzene rings is 2. The lowest BCUT2D eigenvalue weighted by Gasteiger charge is -2.23. The summed E-state index contributed by atoms with van der Waals surface area (Å²) in [6.45, 7) is 1.08. The summed E-state index contributed by atoms with van der Waals surface area (Å²) in [5.41, 5.74) is 3.34. The van der Waals surface area contributed by atoms with Crippen molar-refractivity contribution in [3.05, 3.63) is 69.7 Å². The third kappa shape index (κ3) is 4.28. The van der Waals surface area contributed by atoms with Gasteiger partial charge in [-0.25, -0.2) is 9.97 Å². The number of halogens is 3. The van der Waals surface area contributed by atoms with Crippen molar-refractivity contribution in [3.63, 3.8) is 0 Å². The van der Waals surface area contributed by atoms with Crippen LogP contribution in [-0.4, -0.2) is 26.1 Å². The first-order valence-corrected chi connectivity index (χ1v) is 11.4. The van der Waals surface area contributed by atoms with E-state index in [2.05, 4.69) is 15.0 Å². The zero-order chi connectivity index (χ0) is 22.1. The van der Waals surface area contributed by atoms with Gasteiger partial charge in [-0.15, -0.1) is 0 Å². The van der Waals surface area contributed by atoms with E-state index in [-0.39, 0.29) is 11.5 Å². The SMILES string of the molecule is Clc1nc(-c2cc(OCc3ccccc3)c(Cl)cc2Cl)c2ncn(C3CCCCO3)c2n1. The van der Waals surface area contributed by atoms with Gasteiger partial charge in [-0.2, -0.15) is 4.98 Å². The highest BCUT2D eigenvalue weighted by Crippen LogP contribution is 2.39. The molecule has 1 unspecified atom stereocenters. The maximum absolute atomic E-state index is 6.56. The van der Waals surface area contributed by atoms with Crippen LogP contribution < -0.4 is 4.74 Å². The fraction of sp³-hybridized carbons (Fsp3) is 0.261. The lowest BCUT2D eigenvalue weighted by atomic mass is 10.1. The average Bonchev–Trinajstić information content (AvgIpc) is 3.23. The Balaban J connectivity index is 1.55. The van der Waals surface area contributed by atoms with Gasteiger partial charge < -0.3 is 9.47 Å². The van der Waals surface area contributed by atoms with Crippen molar-refractivity contribution in [2.45, 2.75) is 32.1 Å². The van der Waals surface area contributed by atoms with Gasteiger partial charge in [0.1, 0.15) is 29.8 Å². The van der Waals surface area contributed by atoms with E-state index in [9.17, 15) is 0 Å². The van der Waals surface area contributed by atoms with Crippen molar-refractivity contribution in [1.82, 2.24) is 19.5 Å². The molecule has 1 aliphatic rings. The minimum Gasteiger partial charge on any atom is -0.487 e. The molecule has 9 heteroatoms. The van der Waals surface area contributed by atoms with E-state index >= 15 is 0 Å². The van der Waals surface area contributed by atoms with Crippen LogP contribution in [0.3, 0.4) is 0 Å². The van der Waals surface area contributed by atoms with Crippen molar-refractivity contribution in [3.8, 4) is 17.0 Å². The van der Waals surface area contributed by atoms with Gasteiger partial charge in [-0.05, 0) is 48.6 Å². The van der Waals surface area contributed by atoms with Crippen LogP contribution in [0.4, 0.5) is 0 Å². The van der Waals surface area contributed by atoms with E-state index < -0.39 is 0 Å². The molecule has 0 saturated carbocycles. The Morgan fingerprint density at radius 2 is 1.88 bits per heavy atom. The molecule has 1 saturated heterocycles. The van der Waals surface area contributed by atoms with E-state index in [0.717, 1.165) is 24.8 Å². The molecular weight excluding hydrogens is 471 g/mol. The molecule has 0 spiro atoms. The van der Waals surface area contributed by atoms with Crippen LogP contribution in [0.15, 0.2) is 48.8 Å². The zero-order valence-corrected chi connectivity index (χ0v) is 19.2. The fourth-order valence-electron chi connectivity index (χ4n) is 3.79. The Labute approximate surface area is 200 Å². The first-order chi connectivity index (χ1) is 15.6. The number of aromatic nitrogens is 4. The van der Waals surface area contributed by atoms with Crippen molar-refractivity contribution in [2.24, 2.45) is 0 Å². The summed E-state index contributed by atoms with van der Waals surface area (Å²) >= 11 is 19.3. The monoisotopic (exact) mass is 488 g/mol. The molecule has 1 fully saturated rings. The quantitative estimate of drug-likeness (QED) is 0.291. The predicted molar refractivity (Wildman–Crippen MR) is 125 cm³/mol. The first-order valence-electron chi connectivity index (χ1n) is 10.3. The van der Waals surface area contributed by atoms with Crippen LogP contribution in [0, 0.1) is 0 Å². The smallest absolute Gasteiger partial charge is 0.225 e. The third-order valence-corrected chi connectivity index (χ3v) is 6.15. The highest BCUT2D eigenvalue weighted by Gasteiger charge is 2.23. The van der Waals surface area contributed by atoms with Crippen molar-refractivity contribution in [2.75, 3.05) is 6.61 Å². The Hall–Kier alpha value is -2.38. The van der Waals surface area contributed by atoms with Crippen LogP contribution in [0.25, 0.3) is 22.4 Å². The summed E-state index contributed by atoms with van der Waals surface area (Å²) in [5, 5.41) is 0.927. The van der Waals surface area contributed by atoms with E-state index in [0.29, 0.717) is 51.4 Å². The topological polar surface area (TPSA) is 62.1 Å². The van der Waals surface area contributed by atoms with E-state index in [1.54, 1.807) is 18.5 Å². The first kappa shape index (κ1) is 21.5. The molecule has 1 aliphatic heterocycles. The molecule has 1 atom stereocenters. The maximum Gasteiger partial charge on any atom is 0.225 e. The van der Waals surface area contributed by atoms with Gasteiger partial charge in [0.05, 0.1) is 16.4 Å². The van der Waals surface area contributed by atoms with E-state index in [1.807, 2.05) is 34.9 Å². The van der Waals surface area contributed by atoms with Gasteiger partial charge in [0.15, 0.2) is 5.65 Å². The normalized spacial score (nSPS) is 16.4. The van der Waals surface area contributed by atoms with Crippen LogP contribution in [0.1, 0.15) is 31.1 Å². The Bertz CT molecular complexity index is 1260. The molecule has 6 nitrogen and oxygen atoms in total. The molecular formula is C23H19Cl3N4O2. The van der Waals surface area contributed by atoms with Crippen LogP contribution >= 0.6 is 34.8 Å². The molecule has 4 aromatic rings. The molecule has 164 valence electrons. The Morgan fingerprint density at radius 3 is 2.66 bits per heavy atom. The zero-order valence-electron chi connectivity index (χ0n) is 17.0. The number of hydrogen-bond donors (Lipinski definition) is 0. The molecule has 2 aromatic heterocycles. The lowest BCUT2D eigenvalue weighted by Crippen LogP contribution is -2.17. The molecule has 32 heavy (non-hydrogen) atoms.